The summed E-state index contributed by atoms with van der Waals surface area (Å²) in [5, 5.41) is 35.0. The van der Waals surface area contributed by atoms with E-state index >= 15 is 0 Å². The van der Waals surface area contributed by atoms with E-state index in [1.165, 1.54) is 12.1 Å². The summed E-state index contributed by atoms with van der Waals surface area (Å²) in [6.45, 7) is 0. The SMILES string of the molecule is N#CC(C#N)=c1c#cc(=C(C#N)C#N)cc1. The first-order valence-electron chi connectivity index (χ1n) is 4.06. The van der Waals surface area contributed by atoms with Crippen molar-refractivity contribution in [3.8, 4) is 24.3 Å². The number of nitrogens with zero attached hydrogens (tertiary/aromatic N) is 4. The van der Waals surface area contributed by atoms with E-state index in [4.69, 9.17) is 21.0 Å². The van der Waals surface area contributed by atoms with Crippen LogP contribution in [0.2, 0.25) is 0 Å². The summed E-state index contributed by atoms with van der Waals surface area (Å²) in [7, 11) is 0. The standard InChI is InChI=1S/C12H2N4/c13-5-11(6-14)9-1-2-10(4-3-9)12(7-15)8-16/h1-2H. The molecule has 0 unspecified atom stereocenters. The molecule has 0 heterocycles. The topological polar surface area (TPSA) is 95.2 Å². The summed E-state index contributed by atoms with van der Waals surface area (Å²) in [4.78, 5) is 0. The maximum absolute atomic E-state index is 8.60. The normalized spacial score (nSPS) is 7.25. The van der Waals surface area contributed by atoms with Gasteiger partial charge in [-0.05, 0) is 12.1 Å². The fourth-order valence-electron chi connectivity index (χ4n) is 0.967. The van der Waals surface area contributed by atoms with Gasteiger partial charge in [-0.15, -0.1) is 0 Å². The Morgan fingerprint density at radius 3 is 1.25 bits per heavy atom. The molecule has 70 valence electrons. The molecule has 0 saturated carbocycles. The highest BCUT2D eigenvalue weighted by molar-refractivity contribution is 5.73. The zero-order chi connectivity index (χ0) is 12.0. The molecule has 0 saturated heterocycles. The molecule has 0 aliphatic carbocycles. The molecule has 0 radical (unpaired) electrons. The molecule has 0 aliphatic heterocycles. The van der Waals surface area contributed by atoms with E-state index in [9.17, 15) is 0 Å². The lowest BCUT2D eigenvalue weighted by Gasteiger charge is -1.82. The van der Waals surface area contributed by atoms with Crippen LogP contribution in [0.25, 0.3) is 11.1 Å². The van der Waals surface area contributed by atoms with Crippen molar-refractivity contribution in [1.29, 1.82) is 21.0 Å². The van der Waals surface area contributed by atoms with E-state index in [-0.39, 0.29) is 11.1 Å². The number of hydrogen-bond acceptors (Lipinski definition) is 4. The largest absolute Gasteiger partial charge is 0.192 e. The van der Waals surface area contributed by atoms with E-state index in [0.29, 0.717) is 10.4 Å². The Hall–Kier alpha value is -3.26. The summed E-state index contributed by atoms with van der Waals surface area (Å²) >= 11 is 0. The van der Waals surface area contributed by atoms with Crippen molar-refractivity contribution in [3.63, 3.8) is 0 Å². The Labute approximate surface area is 91.8 Å². The summed E-state index contributed by atoms with van der Waals surface area (Å²) in [5.41, 5.74) is -0.170. The fraction of sp³-hybridized carbons (Fsp3) is 0. The first-order chi connectivity index (χ1) is 7.76. The van der Waals surface area contributed by atoms with Crippen LogP contribution in [0.4, 0.5) is 0 Å². The Morgan fingerprint density at radius 1 is 0.750 bits per heavy atom. The second kappa shape index (κ2) is 4.83. The van der Waals surface area contributed by atoms with E-state index in [1.54, 1.807) is 24.3 Å². The van der Waals surface area contributed by atoms with Crippen LogP contribution in [-0.4, -0.2) is 0 Å². The lowest BCUT2D eigenvalue weighted by atomic mass is 10.2. The average Bonchev–Trinajstić information content (AvgIpc) is 2.34. The maximum atomic E-state index is 8.60. The monoisotopic (exact) mass is 202 g/mol. The number of nitriles is 4. The second-order valence-electron chi connectivity index (χ2n) is 2.61. The van der Waals surface area contributed by atoms with Gasteiger partial charge in [-0.3, -0.25) is 0 Å². The summed E-state index contributed by atoms with van der Waals surface area (Å²) < 4.78 is 0. The van der Waals surface area contributed by atoms with Crippen molar-refractivity contribution in [3.05, 3.63) is 34.7 Å². The molecule has 0 aromatic heterocycles. The van der Waals surface area contributed by atoms with Crippen LogP contribution in [0.1, 0.15) is 0 Å². The quantitative estimate of drug-likeness (QED) is 0.576. The van der Waals surface area contributed by atoms with Crippen LogP contribution in [0, 0.1) is 57.5 Å². The van der Waals surface area contributed by atoms with Crippen molar-refractivity contribution >= 4 is 11.1 Å². The van der Waals surface area contributed by atoms with Gasteiger partial charge in [0.25, 0.3) is 0 Å². The van der Waals surface area contributed by atoms with Gasteiger partial charge >= 0.3 is 0 Å². The molecule has 0 aliphatic rings. The van der Waals surface area contributed by atoms with Gasteiger partial charge in [0.05, 0.1) is 10.4 Å². The molecule has 1 aromatic rings. The lowest BCUT2D eigenvalue weighted by molar-refractivity contribution is 1.47. The minimum atomic E-state index is -0.0849. The Bertz CT molecular complexity index is 581. The Balaban J connectivity index is 3.58. The Morgan fingerprint density at radius 2 is 1.06 bits per heavy atom. The third-order valence-corrected chi connectivity index (χ3v) is 1.73. The van der Waals surface area contributed by atoms with Gasteiger partial charge in [-0.1, -0.05) is 12.1 Å². The zero-order valence-electron chi connectivity index (χ0n) is 7.94. The van der Waals surface area contributed by atoms with Gasteiger partial charge in [-0.2, -0.15) is 21.0 Å². The molecular formula is C12H2N4. The molecule has 16 heavy (non-hydrogen) atoms. The molecule has 0 N–H and O–H groups in total. The molecule has 4 heteroatoms. The maximum Gasteiger partial charge on any atom is 0.145 e. The number of hydrogen-bond donors (Lipinski definition) is 0. The van der Waals surface area contributed by atoms with Gasteiger partial charge in [-0.25, -0.2) is 0 Å². The van der Waals surface area contributed by atoms with Crippen LogP contribution in [0.15, 0.2) is 12.1 Å². The first-order valence-corrected chi connectivity index (χ1v) is 4.06. The average molecular weight is 202 g/mol. The third-order valence-electron chi connectivity index (χ3n) is 1.73. The van der Waals surface area contributed by atoms with Crippen molar-refractivity contribution in [2.45, 2.75) is 0 Å². The van der Waals surface area contributed by atoms with E-state index in [2.05, 4.69) is 12.1 Å². The summed E-state index contributed by atoms with van der Waals surface area (Å²) in [6, 6.07) is 14.9. The third kappa shape index (κ3) is 1.97. The first kappa shape index (κ1) is 10.8. The van der Waals surface area contributed by atoms with Crippen molar-refractivity contribution in [2.75, 3.05) is 0 Å². The highest BCUT2D eigenvalue weighted by atomic mass is 14.3. The highest BCUT2D eigenvalue weighted by Gasteiger charge is 1.95. The van der Waals surface area contributed by atoms with Crippen LogP contribution >= 0.6 is 0 Å². The molecule has 0 spiro atoms. The second-order valence-corrected chi connectivity index (χ2v) is 2.61. The molecule has 1 rings (SSSR count). The van der Waals surface area contributed by atoms with Crippen molar-refractivity contribution in [1.82, 2.24) is 0 Å². The predicted molar refractivity (Wildman–Crippen MR) is 52.6 cm³/mol. The van der Waals surface area contributed by atoms with Gasteiger partial charge < -0.3 is 0 Å². The van der Waals surface area contributed by atoms with Crippen LogP contribution in [0.3, 0.4) is 0 Å². The van der Waals surface area contributed by atoms with Gasteiger partial charge in [0.1, 0.15) is 35.4 Å². The smallest absolute Gasteiger partial charge is 0.145 e. The van der Waals surface area contributed by atoms with Crippen molar-refractivity contribution < 1.29 is 0 Å². The van der Waals surface area contributed by atoms with Gasteiger partial charge in [0, 0.05) is 0 Å². The molecule has 0 bridgehead atoms. The highest BCUT2D eigenvalue weighted by Crippen LogP contribution is 1.85. The molecule has 0 amide bonds. The molecular weight excluding hydrogens is 200 g/mol. The Kier molecular flexibility index (Phi) is 3.27. The number of rotatable bonds is 0. The van der Waals surface area contributed by atoms with Gasteiger partial charge in [0.15, 0.2) is 0 Å². The molecule has 4 nitrogen and oxygen atoms in total. The predicted octanol–water partition coefficient (Wildman–Crippen LogP) is -0.317. The van der Waals surface area contributed by atoms with E-state index < -0.39 is 0 Å². The molecule has 1 aromatic carbocycles. The minimum absolute atomic E-state index is 0.0849. The minimum Gasteiger partial charge on any atom is -0.192 e. The zero-order valence-corrected chi connectivity index (χ0v) is 7.94. The fourth-order valence-corrected chi connectivity index (χ4v) is 0.967. The van der Waals surface area contributed by atoms with E-state index in [0.717, 1.165) is 0 Å². The summed E-state index contributed by atoms with van der Waals surface area (Å²) in [5.74, 6) is 0. The van der Waals surface area contributed by atoms with Crippen LogP contribution in [0.5, 0.6) is 0 Å². The van der Waals surface area contributed by atoms with Crippen LogP contribution < -0.4 is 10.4 Å². The van der Waals surface area contributed by atoms with E-state index in [1.807, 2.05) is 0 Å². The summed E-state index contributed by atoms with van der Waals surface area (Å²) in [6.07, 6.45) is 0. The van der Waals surface area contributed by atoms with Crippen molar-refractivity contribution in [2.24, 2.45) is 0 Å². The lowest BCUT2D eigenvalue weighted by Crippen LogP contribution is -2.08. The van der Waals surface area contributed by atoms with Gasteiger partial charge in [0.2, 0.25) is 0 Å². The molecule has 0 atom stereocenters. The van der Waals surface area contributed by atoms with Crippen LogP contribution in [-0.2, 0) is 0 Å². The molecule has 0 fully saturated rings.